The van der Waals surface area contributed by atoms with E-state index in [2.05, 4.69) is 405 Å². The molecule has 560 valence electrons. The maximum Gasteiger partial charge on any atom is 0.105 e. The molecule has 0 saturated heterocycles. The van der Waals surface area contributed by atoms with Crippen LogP contribution in [0.2, 0.25) is 0 Å². The first-order valence-electron chi connectivity index (χ1n) is 40.2. The van der Waals surface area contributed by atoms with Crippen LogP contribution in [0.4, 0.5) is 0 Å². The highest BCUT2D eigenvalue weighted by atomic mass is 15.2. The number of aryl methyl sites for hydroxylation is 1. The van der Waals surface area contributed by atoms with Gasteiger partial charge in [-0.1, -0.05) is 253 Å². The summed E-state index contributed by atoms with van der Waals surface area (Å²) in [6.45, 7) is 65.3. The number of aromatic nitrogens is 5. The molecule has 0 aliphatic carbocycles. The third-order valence-corrected chi connectivity index (χ3v) is 24.4. The van der Waals surface area contributed by atoms with E-state index in [1.165, 1.54) is 66.4 Å². The zero-order valence-corrected chi connectivity index (χ0v) is 71.0. The van der Waals surface area contributed by atoms with Gasteiger partial charge in [0.05, 0.1) is 83.6 Å². The van der Waals surface area contributed by atoms with Crippen LogP contribution in [-0.2, 0) is 48.7 Å². The first kappa shape index (κ1) is 74.0. The van der Waals surface area contributed by atoms with Crippen molar-refractivity contribution in [3.05, 3.63) is 243 Å². The molecule has 5 aromatic heterocycles. The molecule has 110 heavy (non-hydrogen) atoms. The van der Waals surface area contributed by atoms with Gasteiger partial charge in [-0.05, 0) is 227 Å². The SMILES string of the molecule is Cc1ccc2c(c1)c1cc(C(C)(C)C)ccc1n2-c1c(-n2c3ccc(C(C)(C)C)cc3c3cc(C(C)(C)C)ccc32)c(C#N)c(-n2c3ccc(C(C)(C)C)cc3c3cc(C(C)(C)C)ccc32)c(-n2c3ccc(C(C)(C)C)cc3c3cc(C(C)(C)C)ccc32)c1-n1c2ccc(C(C)(C)C)cc2c2cc(C(C)(C)C)ccc21. The Morgan fingerprint density at radius 3 is 0.482 bits per heavy atom. The maximum absolute atomic E-state index is 14.1. The molecule has 16 rings (SSSR count). The van der Waals surface area contributed by atoms with Gasteiger partial charge in [-0.15, -0.1) is 0 Å². The van der Waals surface area contributed by atoms with E-state index in [0.29, 0.717) is 5.56 Å². The van der Waals surface area contributed by atoms with Gasteiger partial charge in [-0.25, -0.2) is 0 Å². The summed E-state index contributed by atoms with van der Waals surface area (Å²) in [6.07, 6.45) is 0. The molecule has 0 saturated carbocycles. The van der Waals surface area contributed by atoms with E-state index in [-0.39, 0.29) is 48.7 Å². The van der Waals surface area contributed by atoms with Crippen molar-refractivity contribution in [2.24, 2.45) is 0 Å². The van der Waals surface area contributed by atoms with Crippen molar-refractivity contribution in [1.29, 1.82) is 5.26 Å². The molecular formula is C104H114N6. The summed E-state index contributed by atoms with van der Waals surface area (Å²) in [5.74, 6) is 0. The van der Waals surface area contributed by atoms with Crippen LogP contribution in [0.25, 0.3) is 137 Å². The highest BCUT2D eigenvalue weighted by Gasteiger charge is 2.39. The number of nitrogens with zero attached hydrogens (tertiary/aromatic N) is 6. The van der Waals surface area contributed by atoms with Crippen LogP contribution in [0.3, 0.4) is 0 Å². The minimum Gasteiger partial charge on any atom is -0.306 e. The lowest BCUT2D eigenvalue weighted by molar-refractivity contribution is 0.590. The molecule has 0 spiro atoms. The van der Waals surface area contributed by atoms with E-state index in [4.69, 9.17) is 0 Å². The third-order valence-electron chi connectivity index (χ3n) is 24.4. The fourth-order valence-electron chi connectivity index (χ4n) is 17.5. The van der Waals surface area contributed by atoms with Gasteiger partial charge in [0.1, 0.15) is 11.6 Å². The van der Waals surface area contributed by atoms with Crippen molar-refractivity contribution in [1.82, 2.24) is 22.8 Å². The average Bonchev–Trinajstić information content (AvgIpc) is 1.49. The van der Waals surface area contributed by atoms with Gasteiger partial charge in [0.15, 0.2) is 0 Å². The Labute approximate surface area is 653 Å². The van der Waals surface area contributed by atoms with Crippen LogP contribution in [0.5, 0.6) is 0 Å². The summed E-state index contributed by atoms with van der Waals surface area (Å²) < 4.78 is 13.0. The molecule has 0 aliphatic rings. The van der Waals surface area contributed by atoms with Gasteiger partial charge in [0.2, 0.25) is 0 Å². The smallest absolute Gasteiger partial charge is 0.105 e. The number of benzene rings is 11. The standard InChI is InChI=1S/C104H114N6/c1-60-29-39-81-70(49-60)71-50-61(96(2,3)4)34-44-86(71)108(81)93-91(106-82-40-30-62(97(5,6)7)51-72(82)73-52-63(98(8,9)10)31-41-83(73)106)80(59-105)92(107-84-42-32-64(99(11,12)13)53-74(84)75-54-65(100(14,15)16)33-43-85(75)107)94(109-87-45-35-66(101(17,18)19)55-76(87)77-56-67(102(20,21)22)36-46-88(77)109)95(93)110-89-47-37-68(103(23,24)25)57-78(89)79-58-69(104(26,27)28)38-48-90(79)110/h29-58H,1-28H3. The first-order chi connectivity index (χ1) is 51.1. The van der Waals surface area contributed by atoms with Gasteiger partial charge in [0.25, 0.3) is 0 Å². The molecule has 5 heterocycles. The number of rotatable bonds is 5. The van der Waals surface area contributed by atoms with Crippen molar-refractivity contribution in [2.75, 3.05) is 0 Å². The third kappa shape index (κ3) is 11.7. The summed E-state index contributed by atoms with van der Waals surface area (Å²) in [4.78, 5) is 0. The normalized spacial score (nSPS) is 13.6. The summed E-state index contributed by atoms with van der Waals surface area (Å²) in [6, 6.07) is 75.8. The molecule has 0 fully saturated rings. The zero-order chi connectivity index (χ0) is 79.1. The topological polar surface area (TPSA) is 48.4 Å². The zero-order valence-electron chi connectivity index (χ0n) is 71.0. The Morgan fingerprint density at radius 2 is 0.327 bits per heavy atom. The van der Waals surface area contributed by atoms with Gasteiger partial charge < -0.3 is 22.8 Å². The Hall–Kier alpha value is -10.1. The summed E-state index contributed by atoms with van der Waals surface area (Å²) >= 11 is 0. The molecule has 16 aromatic rings. The first-order valence-corrected chi connectivity index (χ1v) is 40.2. The van der Waals surface area contributed by atoms with E-state index in [0.717, 1.165) is 127 Å². The Bertz CT molecular complexity index is 6350. The van der Waals surface area contributed by atoms with Gasteiger partial charge in [-0.3, -0.25) is 0 Å². The molecule has 0 radical (unpaired) electrons. The Morgan fingerprint density at radius 1 is 0.191 bits per heavy atom. The monoisotopic (exact) mass is 1450 g/mol. The minimum atomic E-state index is -0.185. The second kappa shape index (κ2) is 24.2. The minimum absolute atomic E-state index is 0.174. The molecular weight excluding hydrogens is 1330 g/mol. The fourth-order valence-corrected chi connectivity index (χ4v) is 17.5. The van der Waals surface area contributed by atoms with Crippen LogP contribution < -0.4 is 0 Å². The van der Waals surface area contributed by atoms with Crippen molar-refractivity contribution in [3.8, 4) is 34.5 Å². The molecule has 0 aliphatic heterocycles. The molecule has 6 heteroatoms. The summed E-state index contributed by atoms with van der Waals surface area (Å²) in [5, 5.41) is 25.6. The number of fused-ring (bicyclic) bond motifs is 15. The van der Waals surface area contributed by atoms with Crippen molar-refractivity contribution < 1.29 is 0 Å². The fraction of sp³-hybridized carbons (Fsp3) is 0.356. The molecule has 0 N–H and O–H groups in total. The highest BCUT2D eigenvalue weighted by Crippen LogP contribution is 2.54. The van der Waals surface area contributed by atoms with Crippen LogP contribution in [0.1, 0.15) is 248 Å². The molecule has 0 unspecified atom stereocenters. The van der Waals surface area contributed by atoms with Crippen LogP contribution in [0, 0.1) is 18.3 Å². The summed E-state index contributed by atoms with van der Waals surface area (Å²) in [7, 11) is 0. The second-order valence-corrected chi connectivity index (χ2v) is 41.8. The van der Waals surface area contributed by atoms with E-state index in [9.17, 15) is 5.26 Å². The predicted octanol–water partition coefficient (Wildman–Crippen LogP) is 29.0. The van der Waals surface area contributed by atoms with E-state index >= 15 is 0 Å². The molecule has 0 atom stereocenters. The van der Waals surface area contributed by atoms with Gasteiger partial charge in [-0.2, -0.15) is 5.26 Å². The lowest BCUT2D eigenvalue weighted by atomic mass is 9.85. The quantitative estimate of drug-likeness (QED) is 0.169. The van der Waals surface area contributed by atoms with Gasteiger partial charge in [0, 0.05) is 53.9 Å². The second-order valence-electron chi connectivity index (χ2n) is 41.8. The van der Waals surface area contributed by atoms with Crippen LogP contribution in [-0.4, -0.2) is 22.8 Å². The molecule has 0 bridgehead atoms. The number of hydrogen-bond donors (Lipinski definition) is 0. The summed E-state index contributed by atoms with van der Waals surface area (Å²) in [5.41, 5.74) is 26.1. The van der Waals surface area contributed by atoms with Crippen molar-refractivity contribution in [3.63, 3.8) is 0 Å². The van der Waals surface area contributed by atoms with Crippen molar-refractivity contribution in [2.45, 2.75) is 243 Å². The number of nitriles is 1. The average molecular weight is 1450 g/mol. The Balaban J connectivity index is 1.32. The lowest BCUT2D eigenvalue weighted by Crippen LogP contribution is -2.19. The Kier molecular flexibility index (Phi) is 16.3. The van der Waals surface area contributed by atoms with E-state index < -0.39 is 0 Å². The molecule has 6 nitrogen and oxygen atoms in total. The van der Waals surface area contributed by atoms with Crippen LogP contribution in [0.15, 0.2) is 182 Å². The maximum atomic E-state index is 14.1. The van der Waals surface area contributed by atoms with Crippen LogP contribution >= 0.6 is 0 Å². The van der Waals surface area contributed by atoms with Gasteiger partial charge >= 0.3 is 0 Å². The highest BCUT2D eigenvalue weighted by molar-refractivity contribution is 6.19. The van der Waals surface area contributed by atoms with Crippen molar-refractivity contribution >= 4 is 109 Å². The molecule has 0 amide bonds. The molecule has 11 aromatic carbocycles. The predicted molar refractivity (Wildman–Crippen MR) is 476 cm³/mol. The van der Waals surface area contributed by atoms with E-state index in [1.54, 1.807) is 0 Å². The van der Waals surface area contributed by atoms with E-state index in [1.807, 2.05) is 0 Å². The largest absolute Gasteiger partial charge is 0.306 e. The lowest BCUT2D eigenvalue weighted by Gasteiger charge is -2.30. The number of hydrogen-bond acceptors (Lipinski definition) is 1.